The molecule has 0 fully saturated rings. The van der Waals surface area contributed by atoms with Crippen LogP contribution < -0.4 is 11.3 Å². The lowest BCUT2D eigenvalue weighted by molar-refractivity contribution is -0.127. The van der Waals surface area contributed by atoms with Crippen molar-refractivity contribution < 1.29 is 4.79 Å². The van der Waals surface area contributed by atoms with Crippen molar-refractivity contribution in [1.29, 1.82) is 0 Å². The molecule has 1 unspecified atom stereocenters. The monoisotopic (exact) mass is 269 g/mol. The van der Waals surface area contributed by atoms with E-state index in [4.69, 9.17) is 17.4 Å². The van der Waals surface area contributed by atoms with Gasteiger partial charge in [0.1, 0.15) is 0 Å². The van der Waals surface area contributed by atoms with Crippen molar-refractivity contribution in [2.75, 3.05) is 7.05 Å². The first-order valence-electron chi connectivity index (χ1n) is 5.91. The van der Waals surface area contributed by atoms with Crippen LogP contribution in [0.4, 0.5) is 0 Å². The van der Waals surface area contributed by atoms with Crippen LogP contribution in [0.15, 0.2) is 24.3 Å². The molecule has 5 heteroatoms. The first-order chi connectivity index (χ1) is 8.47. The number of hydrogen-bond donors (Lipinski definition) is 2. The maximum atomic E-state index is 11.8. The van der Waals surface area contributed by atoms with Gasteiger partial charge >= 0.3 is 0 Å². The molecule has 1 amide bonds. The number of halogens is 1. The number of nitrogens with zero attached hydrogens (tertiary/aromatic N) is 1. The van der Waals surface area contributed by atoms with Crippen LogP contribution in [0.2, 0.25) is 5.02 Å². The normalized spacial score (nSPS) is 12.8. The number of likely N-dealkylation sites (N-methyl/N-ethyl adjacent to an activating group) is 1. The lowest BCUT2D eigenvalue weighted by atomic mass is 10.0. The smallest absolute Gasteiger partial charge is 0.251 e. The second-order valence-electron chi connectivity index (χ2n) is 4.70. The van der Waals surface area contributed by atoms with Crippen LogP contribution in [0.25, 0.3) is 0 Å². The fourth-order valence-corrected chi connectivity index (χ4v) is 2.29. The average molecular weight is 270 g/mol. The van der Waals surface area contributed by atoms with Gasteiger partial charge in [0.25, 0.3) is 5.91 Å². The summed E-state index contributed by atoms with van der Waals surface area (Å²) in [7, 11) is 1.89. The summed E-state index contributed by atoms with van der Waals surface area (Å²) in [5.74, 6) is 5.21. The second-order valence-corrected chi connectivity index (χ2v) is 5.11. The van der Waals surface area contributed by atoms with Crippen LogP contribution in [0.5, 0.6) is 0 Å². The van der Waals surface area contributed by atoms with Gasteiger partial charge in [0.15, 0.2) is 0 Å². The molecule has 0 bridgehead atoms. The molecule has 0 aliphatic heterocycles. The predicted molar refractivity (Wildman–Crippen MR) is 73.9 cm³/mol. The van der Waals surface area contributed by atoms with Crippen molar-refractivity contribution in [2.45, 2.75) is 26.4 Å². The van der Waals surface area contributed by atoms with Crippen LogP contribution in [0.3, 0.4) is 0 Å². The highest BCUT2D eigenvalue weighted by Gasteiger charge is 2.26. The standard InChI is InChI=1S/C13H20ClN3O/c1-9(2)12(13(18)16-15)17(3)8-10-6-4-5-7-11(10)14/h4-7,9,12H,8,15H2,1-3H3,(H,16,18). The molecule has 0 radical (unpaired) electrons. The molecule has 1 atom stereocenters. The Kier molecular flexibility index (Phi) is 5.59. The van der Waals surface area contributed by atoms with Gasteiger partial charge in [-0.05, 0) is 24.6 Å². The van der Waals surface area contributed by atoms with Crippen molar-refractivity contribution in [2.24, 2.45) is 11.8 Å². The number of hydrogen-bond acceptors (Lipinski definition) is 3. The number of rotatable bonds is 5. The lowest BCUT2D eigenvalue weighted by Crippen LogP contribution is -2.50. The van der Waals surface area contributed by atoms with E-state index in [-0.39, 0.29) is 17.9 Å². The highest BCUT2D eigenvalue weighted by atomic mass is 35.5. The summed E-state index contributed by atoms with van der Waals surface area (Å²) in [6.07, 6.45) is 0. The van der Waals surface area contributed by atoms with Gasteiger partial charge in [-0.2, -0.15) is 0 Å². The molecule has 0 aliphatic carbocycles. The fraction of sp³-hybridized carbons (Fsp3) is 0.462. The molecule has 100 valence electrons. The quantitative estimate of drug-likeness (QED) is 0.487. The molecule has 3 N–H and O–H groups in total. The molecule has 0 saturated carbocycles. The van der Waals surface area contributed by atoms with Crippen LogP contribution in [-0.4, -0.2) is 23.9 Å². The van der Waals surface area contributed by atoms with Crippen molar-refractivity contribution in [3.8, 4) is 0 Å². The molecule has 18 heavy (non-hydrogen) atoms. The SMILES string of the molecule is CC(C)C(C(=O)NN)N(C)Cc1ccccc1Cl. The van der Waals surface area contributed by atoms with Crippen LogP contribution >= 0.6 is 11.6 Å². The molecule has 0 aliphatic rings. The van der Waals surface area contributed by atoms with Gasteiger partial charge in [-0.1, -0.05) is 43.6 Å². The van der Waals surface area contributed by atoms with Gasteiger partial charge in [-0.25, -0.2) is 5.84 Å². The number of carbonyl (C=O) groups is 1. The summed E-state index contributed by atoms with van der Waals surface area (Å²) in [4.78, 5) is 13.7. The van der Waals surface area contributed by atoms with E-state index in [1.807, 2.05) is 50.1 Å². The van der Waals surface area contributed by atoms with E-state index in [1.165, 1.54) is 0 Å². The number of amides is 1. The van der Waals surface area contributed by atoms with Gasteiger partial charge in [-0.3, -0.25) is 15.1 Å². The Morgan fingerprint density at radius 3 is 2.56 bits per heavy atom. The summed E-state index contributed by atoms with van der Waals surface area (Å²) in [6.45, 7) is 4.59. The van der Waals surface area contributed by atoms with Crippen molar-refractivity contribution in [3.63, 3.8) is 0 Å². The van der Waals surface area contributed by atoms with Gasteiger partial charge in [0, 0.05) is 11.6 Å². The predicted octanol–water partition coefficient (Wildman–Crippen LogP) is 1.79. The van der Waals surface area contributed by atoms with Crippen LogP contribution in [0, 0.1) is 5.92 Å². The summed E-state index contributed by atoms with van der Waals surface area (Å²) in [6, 6.07) is 7.35. The zero-order valence-corrected chi connectivity index (χ0v) is 11.7. The van der Waals surface area contributed by atoms with E-state index >= 15 is 0 Å². The lowest BCUT2D eigenvalue weighted by Gasteiger charge is -2.29. The molecule has 1 rings (SSSR count). The fourth-order valence-electron chi connectivity index (χ4n) is 2.09. The molecule has 4 nitrogen and oxygen atoms in total. The Labute approximate surface area is 113 Å². The highest BCUT2D eigenvalue weighted by molar-refractivity contribution is 6.31. The van der Waals surface area contributed by atoms with Gasteiger partial charge in [0.05, 0.1) is 6.04 Å². The average Bonchev–Trinajstić information content (AvgIpc) is 2.31. The minimum Gasteiger partial charge on any atom is -0.293 e. The van der Waals surface area contributed by atoms with Crippen molar-refractivity contribution >= 4 is 17.5 Å². The van der Waals surface area contributed by atoms with Crippen LogP contribution in [0.1, 0.15) is 19.4 Å². The van der Waals surface area contributed by atoms with E-state index in [0.29, 0.717) is 11.6 Å². The largest absolute Gasteiger partial charge is 0.293 e. The summed E-state index contributed by atoms with van der Waals surface area (Å²) in [5.41, 5.74) is 3.21. The van der Waals surface area contributed by atoms with Gasteiger partial charge < -0.3 is 0 Å². The van der Waals surface area contributed by atoms with Crippen molar-refractivity contribution in [3.05, 3.63) is 34.9 Å². The molecular weight excluding hydrogens is 250 g/mol. The Bertz CT molecular complexity index is 409. The zero-order valence-electron chi connectivity index (χ0n) is 11.0. The minimum atomic E-state index is -0.272. The first kappa shape index (κ1) is 15.0. The third-order valence-corrected chi connectivity index (χ3v) is 3.26. The number of nitrogens with one attached hydrogen (secondary N) is 1. The zero-order chi connectivity index (χ0) is 13.7. The molecule has 1 aromatic rings. The Hall–Kier alpha value is -1.10. The molecule has 0 aromatic heterocycles. The van der Waals surface area contributed by atoms with E-state index in [9.17, 15) is 4.79 Å². The highest BCUT2D eigenvalue weighted by Crippen LogP contribution is 2.19. The second kappa shape index (κ2) is 6.73. The molecule has 0 heterocycles. The Morgan fingerprint density at radius 2 is 2.06 bits per heavy atom. The molecule has 0 spiro atoms. The summed E-state index contributed by atoms with van der Waals surface area (Å²) < 4.78 is 0. The van der Waals surface area contributed by atoms with E-state index in [0.717, 1.165) is 5.56 Å². The maximum absolute atomic E-state index is 11.8. The van der Waals surface area contributed by atoms with E-state index in [1.54, 1.807) is 0 Å². The molecule has 1 aromatic carbocycles. The Morgan fingerprint density at radius 1 is 1.44 bits per heavy atom. The Balaban J connectivity index is 2.82. The van der Waals surface area contributed by atoms with Crippen LogP contribution in [-0.2, 0) is 11.3 Å². The minimum absolute atomic E-state index is 0.168. The number of hydrazine groups is 1. The summed E-state index contributed by atoms with van der Waals surface area (Å²) >= 11 is 6.11. The van der Waals surface area contributed by atoms with Gasteiger partial charge in [0.2, 0.25) is 0 Å². The van der Waals surface area contributed by atoms with E-state index in [2.05, 4.69) is 5.43 Å². The molecular formula is C13H20ClN3O. The third-order valence-electron chi connectivity index (χ3n) is 2.89. The number of benzene rings is 1. The number of nitrogens with two attached hydrogens (primary N) is 1. The first-order valence-corrected chi connectivity index (χ1v) is 6.29. The van der Waals surface area contributed by atoms with E-state index < -0.39 is 0 Å². The van der Waals surface area contributed by atoms with Gasteiger partial charge in [-0.15, -0.1) is 0 Å². The number of carbonyl (C=O) groups excluding carboxylic acids is 1. The molecule has 0 saturated heterocycles. The third kappa shape index (κ3) is 3.70. The maximum Gasteiger partial charge on any atom is 0.251 e. The summed E-state index contributed by atoms with van der Waals surface area (Å²) in [5, 5.41) is 0.708. The topological polar surface area (TPSA) is 58.4 Å². The van der Waals surface area contributed by atoms with Crippen molar-refractivity contribution in [1.82, 2.24) is 10.3 Å².